The van der Waals surface area contributed by atoms with E-state index >= 15 is 0 Å². The molecule has 0 spiro atoms. The van der Waals surface area contributed by atoms with Gasteiger partial charge in [0.25, 0.3) is 0 Å². The highest BCUT2D eigenvalue weighted by molar-refractivity contribution is 7.51. The lowest BCUT2D eigenvalue weighted by Gasteiger charge is -2.27. The molecule has 13 nitrogen and oxygen atoms in total. The van der Waals surface area contributed by atoms with Gasteiger partial charge in [-0.05, 0) is 19.4 Å². The van der Waals surface area contributed by atoms with Gasteiger partial charge in [-0.1, -0.05) is 65.7 Å². The van der Waals surface area contributed by atoms with Gasteiger partial charge in [0.05, 0.1) is 12.6 Å². The molecule has 0 saturated carbocycles. The predicted molar refractivity (Wildman–Crippen MR) is 185 cm³/mol. The van der Waals surface area contributed by atoms with Crippen molar-refractivity contribution in [1.29, 1.82) is 0 Å². The number of hydrogen-bond donors (Lipinski definition) is 8. The van der Waals surface area contributed by atoms with Crippen LogP contribution in [0.15, 0.2) is 54.6 Å². The highest BCUT2D eigenvalue weighted by Crippen LogP contribution is 2.34. The summed E-state index contributed by atoms with van der Waals surface area (Å²) in [4.78, 5) is 43.9. The Morgan fingerprint density at radius 1 is 0.583 bits per heavy atom. The number of benzene rings is 3. The van der Waals surface area contributed by atoms with Gasteiger partial charge in [-0.2, -0.15) is 0 Å². The Hall–Kier alpha value is -2.64. The van der Waals surface area contributed by atoms with Gasteiger partial charge in [0.15, 0.2) is 0 Å². The smallest absolute Gasteiger partial charge is 0.339 e. The number of phenols is 2. The zero-order valence-electron chi connectivity index (χ0n) is 27.6. The van der Waals surface area contributed by atoms with Gasteiger partial charge in [0, 0.05) is 94.2 Å². The normalized spacial score (nSPS) is 16.0. The molecule has 0 atom stereocenters. The minimum Gasteiger partial charge on any atom is -0.507 e. The molecular weight excluding hydrogens is 656 g/mol. The van der Waals surface area contributed by atoms with E-state index < -0.39 is 27.8 Å². The molecule has 1 aliphatic rings. The van der Waals surface area contributed by atoms with Crippen LogP contribution in [-0.4, -0.2) is 96.3 Å². The number of hydrogen-bond acceptors (Lipinski definition) is 9. The Labute approximate surface area is 282 Å². The van der Waals surface area contributed by atoms with Crippen molar-refractivity contribution in [2.24, 2.45) is 0 Å². The van der Waals surface area contributed by atoms with Crippen LogP contribution < -0.4 is 10.6 Å². The fourth-order valence-electron chi connectivity index (χ4n) is 6.03. The number of phenolic OH excluding ortho intramolecular Hbond substituents is 2. The first-order valence-electron chi connectivity index (χ1n) is 16.0. The van der Waals surface area contributed by atoms with E-state index in [1.807, 2.05) is 56.3 Å². The van der Waals surface area contributed by atoms with Crippen LogP contribution in [0.5, 0.6) is 11.5 Å². The highest BCUT2D eigenvalue weighted by atomic mass is 31.2. The predicted octanol–water partition coefficient (Wildman–Crippen LogP) is 2.98. The van der Waals surface area contributed by atoms with Crippen molar-refractivity contribution in [1.82, 2.24) is 25.3 Å². The quantitative estimate of drug-likeness (QED) is 0.115. The van der Waals surface area contributed by atoms with E-state index in [0.29, 0.717) is 37.3 Å². The first-order chi connectivity index (χ1) is 22.6. The molecule has 1 fully saturated rings. The Kier molecular flexibility index (Phi) is 13.8. The van der Waals surface area contributed by atoms with Crippen LogP contribution in [0.3, 0.4) is 0 Å². The van der Waals surface area contributed by atoms with Crippen LogP contribution in [0.1, 0.15) is 38.9 Å². The third-order valence-electron chi connectivity index (χ3n) is 8.32. The monoisotopic (exact) mass is 705 g/mol. The summed E-state index contributed by atoms with van der Waals surface area (Å²) in [5, 5.41) is 27.9. The summed E-state index contributed by atoms with van der Waals surface area (Å²) in [6, 6.07) is 17.8. The van der Waals surface area contributed by atoms with Gasteiger partial charge in [-0.3, -0.25) is 23.8 Å². The average molecular weight is 706 g/mol. The van der Waals surface area contributed by atoms with Crippen LogP contribution in [-0.2, 0) is 41.9 Å². The Morgan fingerprint density at radius 3 is 1.31 bits per heavy atom. The number of aromatic hydroxyl groups is 2. The van der Waals surface area contributed by atoms with Crippen molar-refractivity contribution in [3.8, 4) is 11.5 Å². The maximum atomic E-state index is 11.3. The van der Waals surface area contributed by atoms with Crippen LogP contribution in [0.2, 0.25) is 0 Å². The number of nitrogens with one attached hydrogen (secondary N) is 2. The molecule has 3 aromatic carbocycles. The molecule has 0 unspecified atom stereocenters. The van der Waals surface area contributed by atoms with E-state index in [-0.39, 0.29) is 24.6 Å². The van der Waals surface area contributed by atoms with Crippen molar-refractivity contribution >= 4 is 15.2 Å². The van der Waals surface area contributed by atoms with E-state index in [9.17, 15) is 38.9 Å². The molecule has 0 aromatic heterocycles. The average Bonchev–Trinajstić information content (AvgIpc) is 3.08. The van der Waals surface area contributed by atoms with E-state index in [1.54, 1.807) is 0 Å². The Balaban J connectivity index is 1.53. The third-order valence-corrected chi connectivity index (χ3v) is 9.60. The van der Waals surface area contributed by atoms with E-state index in [4.69, 9.17) is 0 Å². The third kappa shape index (κ3) is 12.7. The molecule has 0 aliphatic carbocycles. The van der Waals surface area contributed by atoms with Crippen LogP contribution in [0.25, 0.3) is 0 Å². The lowest BCUT2D eigenvalue weighted by Crippen LogP contribution is -2.35. The SMILES string of the molecule is Cc1cc(CNCP(=O)(O)O)c(O)c(CN2CCN(Cc3ccccc3)CCN(Cc3cc(C)cc(CNCP(=O)(O)O)c3O)CC2)c1. The van der Waals surface area contributed by atoms with E-state index in [0.717, 1.165) is 55.0 Å². The number of nitrogens with zero attached hydrogens (tertiary/aromatic N) is 3. The summed E-state index contributed by atoms with van der Waals surface area (Å²) < 4.78 is 22.6. The molecule has 15 heteroatoms. The van der Waals surface area contributed by atoms with Gasteiger partial charge in [0.1, 0.15) is 11.5 Å². The second-order valence-corrected chi connectivity index (χ2v) is 16.0. The molecular formula is C33H49N5O8P2. The maximum Gasteiger partial charge on any atom is 0.339 e. The van der Waals surface area contributed by atoms with Gasteiger partial charge >= 0.3 is 15.2 Å². The molecule has 1 heterocycles. The topological polar surface area (TPSA) is 189 Å². The van der Waals surface area contributed by atoms with Gasteiger partial charge in [-0.15, -0.1) is 0 Å². The fraction of sp³-hybridized carbons (Fsp3) is 0.455. The van der Waals surface area contributed by atoms with Crippen molar-refractivity contribution in [3.63, 3.8) is 0 Å². The van der Waals surface area contributed by atoms with Crippen molar-refractivity contribution < 1.29 is 38.9 Å². The molecule has 1 aliphatic heterocycles. The first kappa shape index (κ1) is 38.2. The minimum absolute atomic E-state index is 0.112. The molecule has 4 rings (SSSR count). The fourth-order valence-corrected chi connectivity index (χ4v) is 6.84. The van der Waals surface area contributed by atoms with Crippen LogP contribution in [0, 0.1) is 13.8 Å². The first-order valence-corrected chi connectivity index (χ1v) is 19.6. The second kappa shape index (κ2) is 17.3. The molecule has 0 radical (unpaired) electrons. The molecule has 1 saturated heterocycles. The molecule has 264 valence electrons. The van der Waals surface area contributed by atoms with E-state index in [2.05, 4.69) is 37.5 Å². The standard InChI is InChI=1S/C33H49N5O8P2/c1-25-14-28(18-34-23-47(41,42)43)32(39)30(16-25)21-37-10-8-36(20-27-6-4-3-5-7-27)9-11-38(13-12-37)22-31-17-26(2)15-29(33(31)40)19-35-24-48(44,45)46/h3-7,14-17,34-35,39-40H,8-13,18-24H2,1-2H3,(H2,41,42,43)(H2,44,45,46). The zero-order chi connectivity index (χ0) is 34.9. The Bertz CT molecular complexity index is 1500. The van der Waals surface area contributed by atoms with Crippen LogP contribution >= 0.6 is 15.2 Å². The zero-order valence-corrected chi connectivity index (χ0v) is 29.4. The summed E-state index contributed by atoms with van der Waals surface area (Å²) in [5.41, 5.74) is 5.73. The molecule has 3 aromatic rings. The lowest BCUT2D eigenvalue weighted by atomic mass is 10.0. The molecule has 8 N–H and O–H groups in total. The van der Waals surface area contributed by atoms with E-state index in [1.165, 1.54) is 5.56 Å². The lowest BCUT2D eigenvalue weighted by molar-refractivity contribution is 0.206. The van der Waals surface area contributed by atoms with Gasteiger partial charge < -0.3 is 40.4 Å². The molecule has 0 bridgehead atoms. The second-order valence-electron chi connectivity index (χ2n) is 12.7. The minimum atomic E-state index is -4.22. The number of aryl methyl sites for hydroxylation is 2. The number of rotatable bonds is 14. The molecule has 0 amide bonds. The molecule has 48 heavy (non-hydrogen) atoms. The summed E-state index contributed by atoms with van der Waals surface area (Å²) in [5.74, 6) is 0.225. The summed E-state index contributed by atoms with van der Waals surface area (Å²) in [6.45, 7) is 10.4. The maximum absolute atomic E-state index is 11.3. The van der Waals surface area contributed by atoms with Crippen molar-refractivity contribution in [3.05, 3.63) is 93.5 Å². The van der Waals surface area contributed by atoms with Gasteiger partial charge in [0.2, 0.25) is 0 Å². The highest BCUT2D eigenvalue weighted by Gasteiger charge is 2.21. The largest absolute Gasteiger partial charge is 0.507 e. The Morgan fingerprint density at radius 2 is 0.938 bits per heavy atom. The van der Waals surface area contributed by atoms with Crippen molar-refractivity contribution in [2.45, 2.75) is 46.6 Å². The van der Waals surface area contributed by atoms with Crippen LogP contribution in [0.4, 0.5) is 0 Å². The van der Waals surface area contributed by atoms with Gasteiger partial charge in [-0.25, -0.2) is 0 Å². The summed E-state index contributed by atoms with van der Waals surface area (Å²) in [7, 11) is -8.45. The summed E-state index contributed by atoms with van der Waals surface area (Å²) >= 11 is 0. The summed E-state index contributed by atoms with van der Waals surface area (Å²) in [6.07, 6.45) is -0.951. The van der Waals surface area contributed by atoms with Crippen molar-refractivity contribution in [2.75, 3.05) is 51.8 Å².